The highest BCUT2D eigenvalue weighted by Gasteiger charge is 2.21. The number of carbonyl (C=O) groups excluding carboxylic acids is 2. The molecule has 1 aliphatic rings. The lowest BCUT2D eigenvalue weighted by Gasteiger charge is -2.36. The molecule has 3 amide bonds. The summed E-state index contributed by atoms with van der Waals surface area (Å²) in [4.78, 5) is 28.3. The maximum absolute atomic E-state index is 12.3. The molecule has 0 aromatic heterocycles. The van der Waals surface area contributed by atoms with Crippen molar-refractivity contribution in [2.24, 2.45) is 0 Å². The normalized spacial score (nSPS) is 13.8. The predicted molar refractivity (Wildman–Crippen MR) is 110 cm³/mol. The Morgan fingerprint density at radius 3 is 2.46 bits per heavy atom. The number of piperazine rings is 1. The van der Waals surface area contributed by atoms with Crippen LogP contribution in [0.5, 0.6) is 5.75 Å². The van der Waals surface area contributed by atoms with E-state index in [4.69, 9.17) is 16.3 Å². The van der Waals surface area contributed by atoms with Crippen molar-refractivity contribution in [3.8, 4) is 5.75 Å². The zero-order valence-corrected chi connectivity index (χ0v) is 16.4. The van der Waals surface area contributed by atoms with Crippen molar-refractivity contribution >= 4 is 34.9 Å². The van der Waals surface area contributed by atoms with Gasteiger partial charge in [0.1, 0.15) is 5.75 Å². The van der Waals surface area contributed by atoms with Gasteiger partial charge >= 0.3 is 6.03 Å². The van der Waals surface area contributed by atoms with Crippen LogP contribution in [-0.4, -0.2) is 56.7 Å². The largest absolute Gasteiger partial charge is 0.497 e. The Bertz CT molecular complexity index is 820. The van der Waals surface area contributed by atoms with Crippen LogP contribution in [0.4, 0.5) is 16.2 Å². The van der Waals surface area contributed by atoms with E-state index in [2.05, 4.69) is 15.5 Å². The first-order chi connectivity index (χ1) is 13.5. The van der Waals surface area contributed by atoms with Crippen LogP contribution in [0.3, 0.4) is 0 Å². The van der Waals surface area contributed by atoms with Crippen molar-refractivity contribution in [3.05, 3.63) is 53.6 Å². The summed E-state index contributed by atoms with van der Waals surface area (Å²) in [6.07, 6.45) is 0. The Morgan fingerprint density at radius 1 is 1.07 bits per heavy atom. The summed E-state index contributed by atoms with van der Waals surface area (Å²) < 4.78 is 5.12. The fourth-order valence-electron chi connectivity index (χ4n) is 2.99. The highest BCUT2D eigenvalue weighted by molar-refractivity contribution is 6.30. The van der Waals surface area contributed by atoms with E-state index in [0.717, 1.165) is 18.8 Å². The molecular weight excluding hydrogens is 380 g/mol. The minimum Gasteiger partial charge on any atom is -0.497 e. The van der Waals surface area contributed by atoms with Gasteiger partial charge in [-0.15, -0.1) is 0 Å². The van der Waals surface area contributed by atoms with Gasteiger partial charge in [-0.25, -0.2) is 4.79 Å². The minimum atomic E-state index is -0.290. The maximum atomic E-state index is 12.3. The van der Waals surface area contributed by atoms with E-state index in [0.29, 0.717) is 29.5 Å². The van der Waals surface area contributed by atoms with Gasteiger partial charge in [-0.2, -0.15) is 0 Å². The molecule has 8 heteroatoms. The minimum absolute atomic E-state index is 0.0898. The van der Waals surface area contributed by atoms with E-state index in [1.165, 1.54) is 0 Å². The molecule has 2 N–H and O–H groups in total. The van der Waals surface area contributed by atoms with Crippen molar-refractivity contribution in [2.45, 2.75) is 0 Å². The number of hydrogen-bond donors (Lipinski definition) is 2. The van der Waals surface area contributed by atoms with Crippen LogP contribution in [0.1, 0.15) is 0 Å². The third-order valence-corrected chi connectivity index (χ3v) is 4.76. The van der Waals surface area contributed by atoms with Gasteiger partial charge in [-0.3, -0.25) is 4.79 Å². The maximum Gasteiger partial charge on any atom is 0.317 e. The molecule has 2 aromatic carbocycles. The van der Waals surface area contributed by atoms with Crippen molar-refractivity contribution in [1.82, 2.24) is 10.2 Å². The van der Waals surface area contributed by atoms with Gasteiger partial charge in [-0.1, -0.05) is 17.7 Å². The number of methoxy groups -OCH3 is 1. The molecule has 0 aliphatic carbocycles. The van der Waals surface area contributed by atoms with Gasteiger partial charge in [0, 0.05) is 48.6 Å². The molecule has 0 bridgehead atoms. The number of nitrogens with zero attached hydrogens (tertiary/aromatic N) is 2. The third kappa shape index (κ3) is 5.29. The molecule has 1 fully saturated rings. The lowest BCUT2D eigenvalue weighted by molar-refractivity contribution is -0.115. The Morgan fingerprint density at radius 2 is 1.79 bits per heavy atom. The molecule has 148 valence electrons. The monoisotopic (exact) mass is 402 g/mol. The standard InChI is InChI=1S/C20H23ClN4O3/c1-28-18-4-2-3-16(13-18)23-19(26)14-22-20(27)25-11-9-24(10-12-25)17-7-5-15(21)6-8-17/h2-8,13H,9-12,14H2,1H3,(H,22,27)(H,23,26). The van der Waals surface area contributed by atoms with Crippen LogP contribution < -0.4 is 20.3 Å². The number of urea groups is 1. The van der Waals surface area contributed by atoms with E-state index in [9.17, 15) is 9.59 Å². The Labute approximate surface area is 169 Å². The van der Waals surface area contributed by atoms with E-state index in [-0.39, 0.29) is 18.5 Å². The second-order valence-corrected chi connectivity index (χ2v) is 6.83. The van der Waals surface area contributed by atoms with E-state index in [1.807, 2.05) is 24.3 Å². The van der Waals surface area contributed by atoms with Crippen LogP contribution in [0.25, 0.3) is 0 Å². The summed E-state index contributed by atoms with van der Waals surface area (Å²) in [5, 5.41) is 6.11. The van der Waals surface area contributed by atoms with Crippen LogP contribution in [0.2, 0.25) is 5.02 Å². The summed E-state index contributed by atoms with van der Waals surface area (Å²) in [5.41, 5.74) is 1.71. The molecule has 0 saturated carbocycles. The Hall–Kier alpha value is -2.93. The van der Waals surface area contributed by atoms with Crippen LogP contribution in [0.15, 0.2) is 48.5 Å². The molecule has 1 heterocycles. The van der Waals surface area contributed by atoms with Crippen molar-refractivity contribution in [1.29, 1.82) is 0 Å². The van der Waals surface area contributed by atoms with Gasteiger partial charge < -0.3 is 25.2 Å². The zero-order valence-electron chi connectivity index (χ0n) is 15.7. The number of halogens is 1. The number of rotatable bonds is 5. The number of nitrogens with one attached hydrogen (secondary N) is 2. The smallest absolute Gasteiger partial charge is 0.317 e. The SMILES string of the molecule is COc1cccc(NC(=O)CNC(=O)N2CCN(c3ccc(Cl)cc3)CC2)c1. The van der Waals surface area contributed by atoms with Crippen molar-refractivity contribution < 1.29 is 14.3 Å². The quantitative estimate of drug-likeness (QED) is 0.806. The van der Waals surface area contributed by atoms with E-state index < -0.39 is 0 Å². The zero-order chi connectivity index (χ0) is 19.9. The molecule has 1 aliphatic heterocycles. The average molecular weight is 403 g/mol. The van der Waals surface area contributed by atoms with E-state index >= 15 is 0 Å². The molecular formula is C20H23ClN4O3. The summed E-state index contributed by atoms with van der Waals surface area (Å²) in [5.74, 6) is 0.363. The van der Waals surface area contributed by atoms with Crippen LogP contribution >= 0.6 is 11.6 Å². The molecule has 0 spiro atoms. The molecule has 2 aromatic rings. The van der Waals surface area contributed by atoms with Crippen molar-refractivity contribution in [2.75, 3.05) is 50.1 Å². The van der Waals surface area contributed by atoms with Gasteiger partial charge in [0.05, 0.1) is 13.7 Å². The number of amides is 3. The number of carbonyl (C=O) groups is 2. The average Bonchev–Trinajstić information content (AvgIpc) is 2.73. The molecule has 0 atom stereocenters. The second kappa shape index (κ2) is 9.32. The van der Waals surface area contributed by atoms with Crippen LogP contribution in [0, 0.1) is 0 Å². The predicted octanol–water partition coefficient (Wildman–Crippen LogP) is 2.82. The number of ether oxygens (including phenoxy) is 1. The van der Waals surface area contributed by atoms with Gasteiger partial charge in [0.25, 0.3) is 0 Å². The molecule has 3 rings (SSSR count). The molecule has 28 heavy (non-hydrogen) atoms. The van der Waals surface area contributed by atoms with Gasteiger partial charge in [-0.05, 0) is 36.4 Å². The van der Waals surface area contributed by atoms with Gasteiger partial charge in [0.2, 0.25) is 5.91 Å². The first-order valence-corrected chi connectivity index (χ1v) is 9.40. The summed E-state index contributed by atoms with van der Waals surface area (Å²) >= 11 is 5.92. The topological polar surface area (TPSA) is 73.9 Å². The lowest BCUT2D eigenvalue weighted by atomic mass is 10.2. The third-order valence-electron chi connectivity index (χ3n) is 4.51. The van der Waals surface area contributed by atoms with Crippen LogP contribution in [-0.2, 0) is 4.79 Å². The molecule has 0 radical (unpaired) electrons. The molecule has 7 nitrogen and oxygen atoms in total. The number of hydrogen-bond acceptors (Lipinski definition) is 4. The Kier molecular flexibility index (Phi) is 6.60. The molecule has 0 unspecified atom stereocenters. The van der Waals surface area contributed by atoms with Crippen molar-refractivity contribution in [3.63, 3.8) is 0 Å². The fourth-order valence-corrected chi connectivity index (χ4v) is 3.12. The molecule has 1 saturated heterocycles. The highest BCUT2D eigenvalue weighted by Crippen LogP contribution is 2.19. The fraction of sp³-hybridized carbons (Fsp3) is 0.300. The highest BCUT2D eigenvalue weighted by atomic mass is 35.5. The number of benzene rings is 2. The summed E-state index contributed by atoms with van der Waals surface area (Å²) in [6.45, 7) is 2.54. The first-order valence-electron chi connectivity index (χ1n) is 9.02. The number of anilines is 2. The summed E-state index contributed by atoms with van der Waals surface area (Å²) in [7, 11) is 1.56. The van der Waals surface area contributed by atoms with Gasteiger partial charge in [0.15, 0.2) is 0 Å². The van der Waals surface area contributed by atoms with E-state index in [1.54, 1.807) is 36.3 Å². The first kappa shape index (κ1) is 19.8. The Balaban J connectivity index is 1.42. The second-order valence-electron chi connectivity index (χ2n) is 6.39. The lowest BCUT2D eigenvalue weighted by Crippen LogP contribution is -2.52. The summed E-state index contributed by atoms with van der Waals surface area (Å²) in [6, 6.07) is 14.5.